The van der Waals surface area contributed by atoms with E-state index in [1.807, 2.05) is 6.92 Å². The first-order valence-corrected chi connectivity index (χ1v) is 8.83. The van der Waals surface area contributed by atoms with Gasteiger partial charge in [-0.2, -0.15) is 0 Å². The summed E-state index contributed by atoms with van der Waals surface area (Å²) in [5, 5.41) is 0.774. The molecule has 4 nitrogen and oxygen atoms in total. The van der Waals surface area contributed by atoms with E-state index in [1.54, 1.807) is 24.5 Å². The Bertz CT molecular complexity index is 819. The van der Waals surface area contributed by atoms with Crippen LogP contribution in [-0.2, 0) is 0 Å². The molecule has 1 aliphatic heterocycles. The third kappa shape index (κ3) is 3.17. The van der Waals surface area contributed by atoms with Crippen LogP contribution in [0.15, 0.2) is 29.3 Å². The molecule has 1 fully saturated rings. The zero-order chi connectivity index (χ0) is 17.5. The van der Waals surface area contributed by atoms with E-state index >= 15 is 0 Å². The fourth-order valence-electron chi connectivity index (χ4n) is 3.03. The zero-order valence-electron chi connectivity index (χ0n) is 14.1. The van der Waals surface area contributed by atoms with Crippen LogP contribution in [0.3, 0.4) is 0 Å². The molecule has 1 aliphatic rings. The number of rotatable bonds is 2. The molecule has 0 saturated carbocycles. The summed E-state index contributed by atoms with van der Waals surface area (Å²) in [6.07, 6.45) is 3.73. The summed E-state index contributed by atoms with van der Waals surface area (Å²) in [5.74, 6) is 0.768. The number of aromatic nitrogens is 2. The molecule has 0 atom stereocenters. The van der Waals surface area contributed by atoms with Crippen LogP contribution < -0.4 is 10.5 Å². The molecule has 128 valence electrons. The van der Waals surface area contributed by atoms with E-state index in [9.17, 15) is 4.79 Å². The Morgan fingerprint density at radius 1 is 1.17 bits per heavy atom. The maximum absolute atomic E-state index is 12.8. The van der Waals surface area contributed by atoms with E-state index in [4.69, 9.17) is 23.2 Å². The minimum Gasteiger partial charge on any atom is -0.356 e. The Labute approximate surface area is 152 Å². The molecular weight excluding hydrogens is 345 g/mol. The molecule has 0 bridgehead atoms. The SMILES string of the molecule is Cc1c(N2CCC(C)(C)CC2)ncn(-c2cccc(Cl)c2Cl)c1=O. The van der Waals surface area contributed by atoms with Gasteiger partial charge in [0.1, 0.15) is 12.1 Å². The summed E-state index contributed by atoms with van der Waals surface area (Å²) in [7, 11) is 0. The monoisotopic (exact) mass is 365 g/mol. The van der Waals surface area contributed by atoms with Crippen LogP contribution in [0.2, 0.25) is 10.0 Å². The number of hydrogen-bond donors (Lipinski definition) is 0. The third-order valence-corrected chi connectivity index (χ3v) is 5.59. The number of anilines is 1. The zero-order valence-corrected chi connectivity index (χ0v) is 15.7. The van der Waals surface area contributed by atoms with Gasteiger partial charge < -0.3 is 4.90 Å². The highest BCUT2D eigenvalue weighted by molar-refractivity contribution is 6.43. The van der Waals surface area contributed by atoms with Crippen LogP contribution in [0.4, 0.5) is 5.82 Å². The summed E-state index contributed by atoms with van der Waals surface area (Å²) >= 11 is 12.3. The van der Waals surface area contributed by atoms with Gasteiger partial charge in [-0.1, -0.05) is 43.1 Å². The van der Waals surface area contributed by atoms with Crippen molar-refractivity contribution in [2.75, 3.05) is 18.0 Å². The molecule has 6 heteroatoms. The second-order valence-corrected chi connectivity index (χ2v) is 7.88. The van der Waals surface area contributed by atoms with E-state index in [0.29, 0.717) is 26.7 Å². The normalized spacial score (nSPS) is 17.1. The average molecular weight is 366 g/mol. The largest absolute Gasteiger partial charge is 0.356 e. The Balaban J connectivity index is 1.98. The molecule has 0 unspecified atom stereocenters. The molecule has 24 heavy (non-hydrogen) atoms. The predicted molar refractivity (Wildman–Crippen MR) is 99.8 cm³/mol. The quantitative estimate of drug-likeness (QED) is 0.787. The van der Waals surface area contributed by atoms with Gasteiger partial charge in [-0.3, -0.25) is 9.36 Å². The first-order chi connectivity index (χ1) is 11.3. The second-order valence-electron chi connectivity index (χ2n) is 7.09. The summed E-state index contributed by atoms with van der Waals surface area (Å²) in [4.78, 5) is 19.6. The van der Waals surface area contributed by atoms with E-state index < -0.39 is 0 Å². The van der Waals surface area contributed by atoms with Crippen LogP contribution in [0.1, 0.15) is 32.3 Å². The maximum atomic E-state index is 12.8. The highest BCUT2D eigenvalue weighted by atomic mass is 35.5. The number of hydrogen-bond acceptors (Lipinski definition) is 3. The first-order valence-electron chi connectivity index (χ1n) is 8.08. The van der Waals surface area contributed by atoms with Gasteiger partial charge in [0.25, 0.3) is 5.56 Å². The fourth-order valence-corrected chi connectivity index (χ4v) is 3.42. The molecule has 0 spiro atoms. The van der Waals surface area contributed by atoms with Crippen molar-refractivity contribution in [1.29, 1.82) is 0 Å². The average Bonchev–Trinajstić information content (AvgIpc) is 2.54. The summed E-state index contributed by atoms with van der Waals surface area (Å²) in [6.45, 7) is 8.22. The lowest BCUT2D eigenvalue weighted by molar-refractivity contribution is 0.279. The van der Waals surface area contributed by atoms with Gasteiger partial charge >= 0.3 is 0 Å². The summed E-state index contributed by atoms with van der Waals surface area (Å²) in [5.41, 5.74) is 1.42. The van der Waals surface area contributed by atoms with Gasteiger partial charge in [0.15, 0.2) is 0 Å². The molecule has 0 N–H and O–H groups in total. The fraction of sp³-hybridized carbons (Fsp3) is 0.444. The van der Waals surface area contributed by atoms with Crippen molar-refractivity contribution >= 4 is 29.0 Å². The molecular formula is C18H21Cl2N3O. The minimum atomic E-state index is -0.117. The van der Waals surface area contributed by atoms with E-state index in [0.717, 1.165) is 31.7 Å². The van der Waals surface area contributed by atoms with Crippen molar-refractivity contribution in [1.82, 2.24) is 9.55 Å². The lowest BCUT2D eigenvalue weighted by atomic mass is 9.82. The second kappa shape index (κ2) is 6.41. The van der Waals surface area contributed by atoms with Gasteiger partial charge in [-0.15, -0.1) is 0 Å². The van der Waals surface area contributed by atoms with Crippen LogP contribution in [0.5, 0.6) is 0 Å². The Kier molecular flexibility index (Phi) is 4.63. The lowest BCUT2D eigenvalue weighted by Gasteiger charge is -2.38. The molecule has 2 heterocycles. The molecule has 0 amide bonds. The van der Waals surface area contributed by atoms with Crippen LogP contribution in [0, 0.1) is 12.3 Å². The van der Waals surface area contributed by atoms with Crippen LogP contribution in [0.25, 0.3) is 5.69 Å². The third-order valence-electron chi connectivity index (χ3n) is 4.78. The van der Waals surface area contributed by atoms with E-state index in [-0.39, 0.29) is 5.56 Å². The highest BCUT2D eigenvalue weighted by Crippen LogP contribution is 2.32. The number of piperidine rings is 1. The van der Waals surface area contributed by atoms with E-state index in [2.05, 4.69) is 23.7 Å². The molecule has 1 aromatic heterocycles. The molecule has 3 rings (SSSR count). The lowest BCUT2D eigenvalue weighted by Crippen LogP contribution is -2.39. The molecule has 1 aromatic carbocycles. The van der Waals surface area contributed by atoms with Crippen molar-refractivity contribution in [2.45, 2.75) is 33.6 Å². The minimum absolute atomic E-state index is 0.117. The summed E-state index contributed by atoms with van der Waals surface area (Å²) < 4.78 is 1.46. The molecule has 0 radical (unpaired) electrons. The highest BCUT2D eigenvalue weighted by Gasteiger charge is 2.27. The molecule has 0 aliphatic carbocycles. The standard InChI is InChI=1S/C18H21Cl2N3O/c1-12-16(22-9-7-18(2,3)8-10-22)21-11-23(17(12)24)14-6-4-5-13(19)15(14)20/h4-6,11H,7-10H2,1-3H3. The topological polar surface area (TPSA) is 38.1 Å². The smallest absolute Gasteiger partial charge is 0.262 e. The van der Waals surface area contributed by atoms with Gasteiger partial charge in [0.2, 0.25) is 0 Å². The predicted octanol–water partition coefficient (Wildman–Crippen LogP) is 4.47. The van der Waals surface area contributed by atoms with Crippen LogP contribution in [-0.4, -0.2) is 22.6 Å². The first kappa shape index (κ1) is 17.3. The van der Waals surface area contributed by atoms with Crippen molar-refractivity contribution in [3.05, 3.63) is 50.5 Å². The van der Waals surface area contributed by atoms with Gasteiger partial charge in [-0.05, 0) is 37.3 Å². The Hall–Kier alpha value is -1.52. The van der Waals surface area contributed by atoms with Crippen molar-refractivity contribution in [2.24, 2.45) is 5.41 Å². The van der Waals surface area contributed by atoms with Crippen molar-refractivity contribution in [3.8, 4) is 5.69 Å². The Morgan fingerprint density at radius 2 is 1.83 bits per heavy atom. The van der Waals surface area contributed by atoms with Gasteiger partial charge in [-0.25, -0.2) is 4.98 Å². The number of halogens is 2. The number of nitrogens with zero attached hydrogens (tertiary/aromatic N) is 3. The maximum Gasteiger partial charge on any atom is 0.262 e. The van der Waals surface area contributed by atoms with Crippen molar-refractivity contribution < 1.29 is 0 Å². The van der Waals surface area contributed by atoms with Crippen LogP contribution >= 0.6 is 23.2 Å². The van der Waals surface area contributed by atoms with Crippen molar-refractivity contribution in [3.63, 3.8) is 0 Å². The Morgan fingerprint density at radius 3 is 2.50 bits per heavy atom. The van der Waals surface area contributed by atoms with Gasteiger partial charge in [0, 0.05) is 13.1 Å². The van der Waals surface area contributed by atoms with E-state index in [1.165, 1.54) is 4.57 Å². The molecule has 2 aromatic rings. The molecule has 1 saturated heterocycles. The number of benzene rings is 1. The summed E-state index contributed by atoms with van der Waals surface area (Å²) in [6, 6.07) is 5.23. The van der Waals surface area contributed by atoms with Gasteiger partial charge in [0.05, 0.1) is 21.3 Å².